The molecule has 0 aromatic heterocycles. The summed E-state index contributed by atoms with van der Waals surface area (Å²) in [6.45, 7) is 0.809. The number of primary amides is 1. The number of nitrogens with zero attached hydrogens (tertiary/aromatic N) is 2. The zero-order valence-electron chi connectivity index (χ0n) is 9.81. The largest absolute Gasteiger partial charge is 0.369 e. The van der Waals surface area contributed by atoms with E-state index in [9.17, 15) is 19.3 Å². The third kappa shape index (κ3) is 2.67. The molecule has 1 fully saturated rings. The molecule has 1 saturated heterocycles. The van der Waals surface area contributed by atoms with Crippen LogP contribution in [0.1, 0.15) is 6.42 Å². The van der Waals surface area contributed by atoms with Crippen LogP contribution in [-0.4, -0.2) is 23.9 Å². The number of hydrogen-bond donors (Lipinski definition) is 1. The van der Waals surface area contributed by atoms with Crippen LogP contribution in [0.15, 0.2) is 16.6 Å². The van der Waals surface area contributed by atoms with Gasteiger partial charge in [-0.1, -0.05) is 0 Å². The number of nitro benzene ring substituents is 1. The minimum absolute atomic E-state index is 0.231. The van der Waals surface area contributed by atoms with E-state index in [0.717, 1.165) is 6.07 Å². The van der Waals surface area contributed by atoms with E-state index >= 15 is 0 Å². The van der Waals surface area contributed by atoms with Crippen molar-refractivity contribution < 1.29 is 14.1 Å². The van der Waals surface area contributed by atoms with Crippen molar-refractivity contribution in [2.24, 2.45) is 11.7 Å². The Bertz CT molecular complexity index is 529. The van der Waals surface area contributed by atoms with Crippen LogP contribution in [0.5, 0.6) is 0 Å². The molecule has 0 radical (unpaired) electrons. The summed E-state index contributed by atoms with van der Waals surface area (Å²) in [5.74, 6) is -1.42. The fourth-order valence-electron chi connectivity index (χ4n) is 2.16. The van der Waals surface area contributed by atoms with Gasteiger partial charge in [0.15, 0.2) is 5.82 Å². The average molecular weight is 332 g/mol. The fraction of sp³-hybridized carbons (Fsp3) is 0.364. The van der Waals surface area contributed by atoms with E-state index in [0.29, 0.717) is 24.0 Å². The van der Waals surface area contributed by atoms with Gasteiger partial charge < -0.3 is 10.6 Å². The molecule has 0 bridgehead atoms. The number of nitro groups is 1. The Morgan fingerprint density at radius 2 is 2.26 bits per heavy atom. The van der Waals surface area contributed by atoms with Gasteiger partial charge in [0.05, 0.1) is 27.1 Å². The second-order valence-electron chi connectivity index (χ2n) is 4.35. The number of halogens is 2. The first-order valence-corrected chi connectivity index (χ1v) is 6.37. The number of hydrogen-bond acceptors (Lipinski definition) is 4. The molecule has 8 heteroatoms. The lowest BCUT2D eigenvalue weighted by Gasteiger charge is -2.20. The minimum atomic E-state index is -0.689. The first-order chi connectivity index (χ1) is 8.90. The highest BCUT2D eigenvalue weighted by Crippen LogP contribution is 2.36. The van der Waals surface area contributed by atoms with Crippen LogP contribution in [0.4, 0.5) is 15.8 Å². The number of anilines is 1. The predicted molar refractivity (Wildman–Crippen MR) is 70.3 cm³/mol. The molecular weight excluding hydrogens is 321 g/mol. The van der Waals surface area contributed by atoms with Crippen molar-refractivity contribution >= 4 is 33.2 Å². The van der Waals surface area contributed by atoms with Crippen molar-refractivity contribution in [1.29, 1.82) is 0 Å². The molecule has 0 spiro atoms. The van der Waals surface area contributed by atoms with Crippen LogP contribution in [-0.2, 0) is 4.79 Å². The van der Waals surface area contributed by atoms with Crippen molar-refractivity contribution in [3.8, 4) is 0 Å². The summed E-state index contributed by atoms with van der Waals surface area (Å²) in [5.41, 5.74) is 5.13. The van der Waals surface area contributed by atoms with Gasteiger partial charge >= 0.3 is 0 Å². The van der Waals surface area contributed by atoms with Gasteiger partial charge in [0.1, 0.15) is 0 Å². The number of carbonyl (C=O) groups excluding carboxylic acids is 1. The molecule has 1 aromatic carbocycles. The minimum Gasteiger partial charge on any atom is -0.369 e. The molecule has 0 unspecified atom stereocenters. The van der Waals surface area contributed by atoms with Gasteiger partial charge in [-0.15, -0.1) is 0 Å². The van der Waals surface area contributed by atoms with Crippen LogP contribution in [0.2, 0.25) is 0 Å². The zero-order valence-corrected chi connectivity index (χ0v) is 11.4. The summed E-state index contributed by atoms with van der Waals surface area (Å²) in [6, 6.07) is 2.12. The van der Waals surface area contributed by atoms with Crippen LogP contribution in [0.3, 0.4) is 0 Å². The topological polar surface area (TPSA) is 89.5 Å². The van der Waals surface area contributed by atoms with Gasteiger partial charge in [0, 0.05) is 19.2 Å². The van der Waals surface area contributed by atoms with Gasteiger partial charge in [0.2, 0.25) is 5.91 Å². The Morgan fingerprint density at radius 3 is 2.74 bits per heavy atom. The summed E-state index contributed by atoms with van der Waals surface area (Å²) >= 11 is 3.13. The lowest BCUT2D eigenvalue weighted by Crippen LogP contribution is -2.27. The molecule has 19 heavy (non-hydrogen) atoms. The van der Waals surface area contributed by atoms with Crippen molar-refractivity contribution in [2.45, 2.75) is 6.42 Å². The molecule has 1 aromatic rings. The summed E-state index contributed by atoms with van der Waals surface area (Å²) in [4.78, 5) is 22.7. The first kappa shape index (κ1) is 13.7. The van der Waals surface area contributed by atoms with Gasteiger partial charge in [-0.3, -0.25) is 14.9 Å². The number of benzene rings is 1. The monoisotopic (exact) mass is 331 g/mol. The normalized spacial score (nSPS) is 18.6. The Labute approximate surface area is 116 Å². The Morgan fingerprint density at radius 1 is 1.58 bits per heavy atom. The van der Waals surface area contributed by atoms with Crippen LogP contribution in [0.25, 0.3) is 0 Å². The SMILES string of the molecule is NC(=O)[C@H]1CCN(c2c(F)cc([N+](=O)[O-])cc2Br)C1. The quantitative estimate of drug-likeness (QED) is 0.675. The number of amides is 1. The van der Waals surface area contributed by atoms with Gasteiger partial charge in [-0.05, 0) is 22.4 Å². The summed E-state index contributed by atoms with van der Waals surface area (Å²) in [7, 11) is 0. The molecule has 1 aliphatic rings. The molecule has 0 saturated carbocycles. The highest BCUT2D eigenvalue weighted by molar-refractivity contribution is 9.10. The van der Waals surface area contributed by atoms with Gasteiger partial charge in [-0.25, -0.2) is 4.39 Å². The maximum Gasteiger partial charge on any atom is 0.273 e. The molecule has 102 valence electrons. The molecule has 1 aliphatic heterocycles. The number of nitrogens with two attached hydrogens (primary N) is 1. The van der Waals surface area contributed by atoms with Crippen molar-refractivity contribution in [2.75, 3.05) is 18.0 Å². The summed E-state index contributed by atoms with van der Waals surface area (Å²) in [6.07, 6.45) is 0.554. The smallest absolute Gasteiger partial charge is 0.273 e. The van der Waals surface area contributed by atoms with E-state index in [1.165, 1.54) is 6.07 Å². The van der Waals surface area contributed by atoms with Crippen LogP contribution in [0, 0.1) is 21.8 Å². The molecule has 0 aliphatic carbocycles. The van der Waals surface area contributed by atoms with E-state index in [-0.39, 0.29) is 17.3 Å². The first-order valence-electron chi connectivity index (χ1n) is 5.58. The molecule has 1 heterocycles. The van der Waals surface area contributed by atoms with Crippen molar-refractivity contribution in [3.05, 3.63) is 32.5 Å². The molecular formula is C11H11BrFN3O3. The predicted octanol–water partition coefficient (Wildman–Crippen LogP) is 1.81. The highest BCUT2D eigenvalue weighted by atomic mass is 79.9. The van der Waals surface area contributed by atoms with Crippen molar-refractivity contribution in [3.63, 3.8) is 0 Å². The Hall–Kier alpha value is -1.70. The molecule has 2 rings (SSSR count). The van der Waals surface area contributed by atoms with Crippen LogP contribution >= 0.6 is 15.9 Å². The van der Waals surface area contributed by atoms with E-state index in [4.69, 9.17) is 5.73 Å². The molecule has 2 N–H and O–H groups in total. The highest BCUT2D eigenvalue weighted by Gasteiger charge is 2.30. The average Bonchev–Trinajstić information content (AvgIpc) is 2.77. The standard InChI is InChI=1S/C11H11BrFN3O3/c12-8-3-7(16(18)19)4-9(13)10(8)15-2-1-6(5-15)11(14)17/h3-4,6H,1-2,5H2,(H2,14,17)/t6-/m0/s1. The maximum atomic E-state index is 14.0. The third-order valence-electron chi connectivity index (χ3n) is 3.12. The van der Waals surface area contributed by atoms with E-state index in [1.807, 2.05) is 0 Å². The second kappa shape index (κ2) is 5.12. The maximum absolute atomic E-state index is 14.0. The lowest BCUT2D eigenvalue weighted by atomic mass is 10.1. The summed E-state index contributed by atoms with van der Waals surface area (Å²) < 4.78 is 14.3. The van der Waals surface area contributed by atoms with E-state index in [2.05, 4.69) is 15.9 Å². The van der Waals surface area contributed by atoms with Crippen LogP contribution < -0.4 is 10.6 Å². The van der Waals surface area contributed by atoms with Gasteiger partial charge in [-0.2, -0.15) is 0 Å². The summed E-state index contributed by atoms with van der Waals surface area (Å²) in [5, 5.41) is 10.6. The molecule has 1 amide bonds. The van der Waals surface area contributed by atoms with E-state index < -0.39 is 16.6 Å². The van der Waals surface area contributed by atoms with Crippen molar-refractivity contribution in [1.82, 2.24) is 0 Å². The van der Waals surface area contributed by atoms with E-state index in [1.54, 1.807) is 4.90 Å². The van der Waals surface area contributed by atoms with Gasteiger partial charge in [0.25, 0.3) is 5.69 Å². The molecule has 6 nitrogen and oxygen atoms in total. The second-order valence-corrected chi connectivity index (χ2v) is 5.20. The lowest BCUT2D eigenvalue weighted by molar-refractivity contribution is -0.385. The number of carbonyl (C=O) groups is 1. The Balaban J connectivity index is 2.31. The Kier molecular flexibility index (Phi) is 3.70. The fourth-order valence-corrected chi connectivity index (χ4v) is 2.83. The number of non-ortho nitro benzene ring substituents is 1. The zero-order chi connectivity index (χ0) is 14.2. The molecule has 1 atom stereocenters. The third-order valence-corrected chi connectivity index (χ3v) is 3.72. The number of rotatable bonds is 3.